The minimum Gasteiger partial charge on any atom is -0.323 e. The van der Waals surface area contributed by atoms with E-state index in [1.54, 1.807) is 6.07 Å². The summed E-state index contributed by atoms with van der Waals surface area (Å²) in [6, 6.07) is 6.04. The Morgan fingerprint density at radius 3 is 2.76 bits per heavy atom. The number of para-hydroxylation sites is 1. The Morgan fingerprint density at radius 2 is 2.05 bits per heavy atom. The normalized spacial score (nSPS) is 21.8. The Bertz CT molecular complexity index is 656. The summed E-state index contributed by atoms with van der Waals surface area (Å²) >= 11 is 0. The van der Waals surface area contributed by atoms with E-state index in [9.17, 15) is 4.39 Å². The van der Waals surface area contributed by atoms with Gasteiger partial charge in [-0.1, -0.05) is 6.07 Å². The minimum absolute atomic E-state index is 0.208. The van der Waals surface area contributed by atoms with Crippen molar-refractivity contribution in [3.63, 3.8) is 0 Å². The van der Waals surface area contributed by atoms with Crippen LogP contribution in [0.5, 0.6) is 0 Å². The molecule has 2 fully saturated rings. The number of nitrogens with one attached hydrogen (secondary N) is 1. The molecule has 0 bridgehead atoms. The molecule has 1 aliphatic heterocycles. The van der Waals surface area contributed by atoms with Crippen LogP contribution >= 0.6 is 0 Å². The van der Waals surface area contributed by atoms with Crippen LogP contribution in [0.2, 0.25) is 0 Å². The van der Waals surface area contributed by atoms with E-state index in [0.717, 1.165) is 37.5 Å². The first-order valence-electron chi connectivity index (χ1n) is 7.87. The van der Waals surface area contributed by atoms with Crippen molar-refractivity contribution in [1.29, 1.82) is 0 Å². The van der Waals surface area contributed by atoms with Crippen molar-refractivity contribution >= 4 is 11.0 Å². The van der Waals surface area contributed by atoms with Crippen molar-refractivity contribution in [3.05, 3.63) is 29.8 Å². The summed E-state index contributed by atoms with van der Waals surface area (Å²) in [5.74, 6) is 0.820. The molecule has 0 radical (unpaired) electrons. The smallest absolute Gasteiger partial charge is 0.151 e. The molecule has 1 N–H and O–H groups in total. The number of hydrogen-bond donors (Lipinski definition) is 1. The molecule has 1 aromatic heterocycles. The first-order chi connectivity index (χ1) is 10.3. The van der Waals surface area contributed by atoms with Crippen molar-refractivity contribution in [2.75, 3.05) is 26.2 Å². The molecule has 4 rings (SSSR count). The highest BCUT2D eigenvalue weighted by molar-refractivity contribution is 5.77. The van der Waals surface area contributed by atoms with Gasteiger partial charge >= 0.3 is 0 Å². The summed E-state index contributed by atoms with van der Waals surface area (Å²) in [7, 11) is 0. The van der Waals surface area contributed by atoms with Gasteiger partial charge in [-0.05, 0) is 31.9 Å². The van der Waals surface area contributed by atoms with Gasteiger partial charge in [0.2, 0.25) is 0 Å². The third-order valence-corrected chi connectivity index (χ3v) is 4.68. The highest BCUT2D eigenvalue weighted by Crippen LogP contribution is 2.41. The third-order valence-electron chi connectivity index (χ3n) is 4.68. The highest BCUT2D eigenvalue weighted by atomic mass is 19.1. The summed E-state index contributed by atoms with van der Waals surface area (Å²) in [4.78, 5) is 7.11. The lowest BCUT2D eigenvalue weighted by Gasteiger charge is -2.32. The second-order valence-corrected chi connectivity index (χ2v) is 6.14. The number of benzene rings is 1. The van der Waals surface area contributed by atoms with Gasteiger partial charge in [-0.3, -0.25) is 4.90 Å². The zero-order valence-corrected chi connectivity index (χ0v) is 12.3. The second kappa shape index (κ2) is 5.07. The maximum Gasteiger partial charge on any atom is 0.151 e. The van der Waals surface area contributed by atoms with E-state index in [1.165, 1.54) is 18.9 Å². The van der Waals surface area contributed by atoms with E-state index in [4.69, 9.17) is 0 Å². The van der Waals surface area contributed by atoms with Crippen LogP contribution in [0.15, 0.2) is 18.2 Å². The second-order valence-electron chi connectivity index (χ2n) is 6.14. The SMILES string of the molecule is CC(c1nc2c(F)cccc2n1C1CC1)N1CCNCC1. The van der Waals surface area contributed by atoms with Gasteiger partial charge in [0, 0.05) is 32.2 Å². The van der Waals surface area contributed by atoms with E-state index in [-0.39, 0.29) is 11.9 Å². The largest absolute Gasteiger partial charge is 0.323 e. The van der Waals surface area contributed by atoms with Crippen molar-refractivity contribution in [2.24, 2.45) is 0 Å². The van der Waals surface area contributed by atoms with Gasteiger partial charge in [0.15, 0.2) is 5.82 Å². The van der Waals surface area contributed by atoms with E-state index in [1.807, 2.05) is 6.07 Å². The fourth-order valence-electron chi connectivity index (χ4n) is 3.34. The van der Waals surface area contributed by atoms with Crippen molar-refractivity contribution < 1.29 is 4.39 Å². The first-order valence-corrected chi connectivity index (χ1v) is 7.87. The molecule has 1 aliphatic carbocycles. The summed E-state index contributed by atoms with van der Waals surface area (Å²) < 4.78 is 16.4. The number of nitrogens with zero attached hydrogens (tertiary/aromatic N) is 3. The molecule has 1 aromatic carbocycles. The van der Waals surface area contributed by atoms with Crippen LogP contribution in [-0.2, 0) is 0 Å². The monoisotopic (exact) mass is 288 g/mol. The van der Waals surface area contributed by atoms with Crippen LogP contribution in [0, 0.1) is 5.82 Å². The summed E-state index contributed by atoms with van der Waals surface area (Å²) in [6.07, 6.45) is 2.37. The first kappa shape index (κ1) is 13.2. The molecule has 1 atom stereocenters. The minimum atomic E-state index is -0.208. The van der Waals surface area contributed by atoms with Crippen LogP contribution in [0.25, 0.3) is 11.0 Å². The zero-order valence-electron chi connectivity index (χ0n) is 12.3. The number of rotatable bonds is 3. The van der Waals surface area contributed by atoms with Crippen molar-refractivity contribution in [2.45, 2.75) is 31.8 Å². The quantitative estimate of drug-likeness (QED) is 0.942. The molecule has 5 heteroatoms. The van der Waals surface area contributed by atoms with E-state index < -0.39 is 0 Å². The number of piperazine rings is 1. The Morgan fingerprint density at radius 1 is 1.29 bits per heavy atom. The molecule has 1 saturated heterocycles. The number of aromatic nitrogens is 2. The number of fused-ring (bicyclic) bond motifs is 1. The van der Waals surface area contributed by atoms with Crippen LogP contribution in [-0.4, -0.2) is 40.6 Å². The third kappa shape index (κ3) is 2.24. The number of halogens is 1. The van der Waals surface area contributed by atoms with Gasteiger partial charge in [0.1, 0.15) is 11.3 Å². The number of imidazole rings is 1. The zero-order chi connectivity index (χ0) is 14.4. The molecule has 2 aliphatic rings. The summed E-state index contributed by atoms with van der Waals surface area (Å²) in [5.41, 5.74) is 1.48. The van der Waals surface area contributed by atoms with E-state index in [2.05, 4.69) is 26.7 Å². The number of hydrogen-bond acceptors (Lipinski definition) is 3. The van der Waals surface area contributed by atoms with E-state index in [0.29, 0.717) is 11.6 Å². The van der Waals surface area contributed by atoms with Crippen molar-refractivity contribution in [1.82, 2.24) is 19.8 Å². The van der Waals surface area contributed by atoms with Crippen LogP contribution in [0.4, 0.5) is 4.39 Å². The summed E-state index contributed by atoms with van der Waals surface area (Å²) in [6.45, 7) is 6.28. The van der Waals surface area contributed by atoms with Crippen LogP contribution in [0.1, 0.15) is 37.7 Å². The van der Waals surface area contributed by atoms with Crippen LogP contribution < -0.4 is 5.32 Å². The molecule has 2 aromatic rings. The van der Waals surface area contributed by atoms with Gasteiger partial charge in [0.25, 0.3) is 0 Å². The van der Waals surface area contributed by atoms with Gasteiger partial charge in [0.05, 0.1) is 11.6 Å². The maximum absolute atomic E-state index is 14.1. The predicted octanol–water partition coefficient (Wildman–Crippen LogP) is 2.48. The maximum atomic E-state index is 14.1. The van der Waals surface area contributed by atoms with Gasteiger partial charge in [-0.15, -0.1) is 0 Å². The summed E-state index contributed by atoms with van der Waals surface area (Å²) in [5, 5.41) is 3.38. The molecule has 1 unspecified atom stereocenters. The molecule has 4 nitrogen and oxygen atoms in total. The van der Waals surface area contributed by atoms with Crippen LogP contribution in [0.3, 0.4) is 0 Å². The molecular weight excluding hydrogens is 267 g/mol. The molecule has 0 amide bonds. The van der Waals surface area contributed by atoms with Gasteiger partial charge in [-0.25, -0.2) is 9.37 Å². The lowest BCUT2D eigenvalue weighted by atomic mass is 10.2. The molecule has 112 valence electrons. The predicted molar refractivity (Wildman–Crippen MR) is 80.8 cm³/mol. The molecule has 0 spiro atoms. The highest BCUT2D eigenvalue weighted by Gasteiger charge is 2.32. The average Bonchev–Trinajstić information content (AvgIpc) is 3.28. The van der Waals surface area contributed by atoms with Crippen molar-refractivity contribution in [3.8, 4) is 0 Å². The fraction of sp³-hybridized carbons (Fsp3) is 0.562. The molecular formula is C16H21FN4. The van der Waals surface area contributed by atoms with Gasteiger partial charge in [-0.2, -0.15) is 0 Å². The lowest BCUT2D eigenvalue weighted by Crippen LogP contribution is -2.45. The Balaban J connectivity index is 1.79. The van der Waals surface area contributed by atoms with E-state index >= 15 is 0 Å². The fourth-order valence-corrected chi connectivity index (χ4v) is 3.34. The lowest BCUT2D eigenvalue weighted by molar-refractivity contribution is 0.176. The molecule has 21 heavy (non-hydrogen) atoms. The Labute approximate surface area is 123 Å². The van der Waals surface area contributed by atoms with Gasteiger partial charge < -0.3 is 9.88 Å². The Hall–Kier alpha value is -1.46. The molecule has 2 heterocycles. The topological polar surface area (TPSA) is 33.1 Å². The molecule has 1 saturated carbocycles. The average molecular weight is 288 g/mol. The Kier molecular flexibility index (Phi) is 3.19. The standard InChI is InChI=1S/C16H21FN4/c1-11(20-9-7-18-8-10-20)16-19-15-13(17)3-2-4-14(15)21(16)12-5-6-12/h2-4,11-12,18H,5-10H2,1H3.